The fourth-order valence-electron chi connectivity index (χ4n) is 2.97. The molecule has 11 heteroatoms. The van der Waals surface area contributed by atoms with E-state index in [0.29, 0.717) is 37.4 Å². The van der Waals surface area contributed by atoms with Gasteiger partial charge in [-0.05, 0) is 11.6 Å². The highest BCUT2D eigenvalue weighted by atomic mass is 35.5. The molecular formula is C16H17ClF3N5O2. The van der Waals surface area contributed by atoms with E-state index in [0.717, 1.165) is 0 Å². The van der Waals surface area contributed by atoms with Gasteiger partial charge in [0, 0.05) is 38.9 Å². The van der Waals surface area contributed by atoms with E-state index < -0.39 is 17.8 Å². The molecule has 0 aromatic carbocycles. The van der Waals surface area contributed by atoms with Gasteiger partial charge in [0.1, 0.15) is 5.02 Å². The summed E-state index contributed by atoms with van der Waals surface area (Å²) in [4.78, 5) is 19.1. The zero-order valence-electron chi connectivity index (χ0n) is 14.1. The van der Waals surface area contributed by atoms with E-state index in [4.69, 9.17) is 11.6 Å². The third-order valence-corrected chi connectivity index (χ3v) is 4.74. The molecular weight excluding hydrogens is 387 g/mol. The number of hydrogen-bond donors (Lipinski definition) is 2. The van der Waals surface area contributed by atoms with Gasteiger partial charge >= 0.3 is 6.18 Å². The number of nitrogens with zero attached hydrogens (tertiary/aromatic N) is 4. The summed E-state index contributed by atoms with van der Waals surface area (Å²) >= 11 is 6.01. The zero-order chi connectivity index (χ0) is 19.6. The molecule has 0 spiro atoms. The van der Waals surface area contributed by atoms with Crippen LogP contribution in [-0.4, -0.2) is 57.5 Å². The summed E-state index contributed by atoms with van der Waals surface area (Å²) in [5.74, 6) is 0. The summed E-state index contributed by atoms with van der Waals surface area (Å²) in [6, 6.07) is 3.07. The Morgan fingerprint density at radius 2 is 2.00 bits per heavy atom. The number of halogens is 4. The van der Waals surface area contributed by atoms with Crippen LogP contribution in [-0.2, 0) is 6.54 Å². The molecule has 1 fully saturated rings. The molecule has 0 aliphatic carbocycles. The molecule has 27 heavy (non-hydrogen) atoms. The maximum atomic E-state index is 12.8. The van der Waals surface area contributed by atoms with Gasteiger partial charge in [-0.2, -0.15) is 18.3 Å². The lowest BCUT2D eigenvalue weighted by Gasteiger charge is -2.36. The SMILES string of the molecule is O=c1[nH]ncc(N2CCN(Cc3cccnc3C(O)C(F)(F)F)CC2)c1Cl. The largest absolute Gasteiger partial charge is 0.420 e. The van der Waals surface area contributed by atoms with Crippen molar-refractivity contribution in [3.05, 3.63) is 51.2 Å². The maximum Gasteiger partial charge on any atom is 0.420 e. The molecule has 2 aromatic heterocycles. The first-order valence-corrected chi connectivity index (χ1v) is 8.54. The van der Waals surface area contributed by atoms with Crippen molar-refractivity contribution in [3.8, 4) is 0 Å². The van der Waals surface area contributed by atoms with Gasteiger partial charge in [0.15, 0.2) is 6.10 Å². The second kappa shape index (κ2) is 7.83. The number of anilines is 1. The average Bonchev–Trinajstić information content (AvgIpc) is 2.64. The number of hydrogen-bond acceptors (Lipinski definition) is 6. The maximum absolute atomic E-state index is 12.8. The molecule has 3 heterocycles. The molecule has 1 unspecified atom stereocenters. The Morgan fingerprint density at radius 3 is 2.67 bits per heavy atom. The van der Waals surface area contributed by atoms with Crippen molar-refractivity contribution in [2.75, 3.05) is 31.1 Å². The third-order valence-electron chi connectivity index (χ3n) is 4.38. The monoisotopic (exact) mass is 403 g/mol. The summed E-state index contributed by atoms with van der Waals surface area (Å²) in [6.45, 7) is 2.37. The standard InChI is InChI=1S/C16H17ClF3N5O2/c17-12-11(8-22-23-15(12)27)25-6-4-24(5-7-25)9-10-2-1-3-21-13(10)14(26)16(18,19)20/h1-3,8,14,26H,4-7,9H2,(H,23,27). The molecule has 1 saturated heterocycles. The lowest BCUT2D eigenvalue weighted by atomic mass is 10.1. The van der Waals surface area contributed by atoms with Crippen molar-refractivity contribution in [1.82, 2.24) is 20.1 Å². The molecule has 7 nitrogen and oxygen atoms in total. The second-order valence-electron chi connectivity index (χ2n) is 6.15. The van der Waals surface area contributed by atoms with Crippen LogP contribution >= 0.6 is 11.6 Å². The molecule has 2 N–H and O–H groups in total. The first-order chi connectivity index (χ1) is 12.8. The number of H-pyrrole nitrogens is 1. The van der Waals surface area contributed by atoms with Gasteiger partial charge < -0.3 is 10.0 Å². The number of aliphatic hydroxyl groups excluding tert-OH is 1. The zero-order valence-corrected chi connectivity index (χ0v) is 14.8. The molecule has 0 saturated carbocycles. The summed E-state index contributed by atoms with van der Waals surface area (Å²) in [5, 5.41) is 15.6. The Morgan fingerprint density at radius 1 is 1.30 bits per heavy atom. The molecule has 0 bridgehead atoms. The van der Waals surface area contributed by atoms with Crippen LogP contribution in [0.2, 0.25) is 5.02 Å². The molecule has 2 aromatic rings. The summed E-state index contributed by atoms with van der Waals surface area (Å²) < 4.78 is 38.5. The van der Waals surface area contributed by atoms with E-state index in [1.54, 1.807) is 6.07 Å². The van der Waals surface area contributed by atoms with E-state index in [-0.39, 0.29) is 17.3 Å². The number of rotatable bonds is 4. The van der Waals surface area contributed by atoms with Crippen LogP contribution in [0.4, 0.5) is 18.9 Å². The van der Waals surface area contributed by atoms with Gasteiger partial charge in [-0.15, -0.1) is 0 Å². The minimum Gasteiger partial charge on any atom is -0.378 e. The van der Waals surface area contributed by atoms with Crippen LogP contribution in [0.1, 0.15) is 17.4 Å². The first-order valence-electron chi connectivity index (χ1n) is 8.16. The van der Waals surface area contributed by atoms with E-state index >= 15 is 0 Å². The minimum absolute atomic E-state index is 0.0568. The van der Waals surface area contributed by atoms with Crippen molar-refractivity contribution >= 4 is 17.3 Å². The van der Waals surface area contributed by atoms with Crippen molar-refractivity contribution in [3.63, 3.8) is 0 Å². The fourth-order valence-corrected chi connectivity index (χ4v) is 3.18. The normalized spacial score (nSPS) is 17.1. The van der Waals surface area contributed by atoms with Crippen molar-refractivity contribution < 1.29 is 18.3 Å². The Bertz CT molecular complexity index is 852. The summed E-state index contributed by atoms with van der Waals surface area (Å²) in [5.41, 5.74) is -0.00624. The predicted molar refractivity (Wildman–Crippen MR) is 92.6 cm³/mol. The quantitative estimate of drug-likeness (QED) is 0.809. The highest BCUT2D eigenvalue weighted by molar-refractivity contribution is 6.32. The van der Waals surface area contributed by atoms with Gasteiger partial charge in [0.2, 0.25) is 0 Å². The van der Waals surface area contributed by atoms with E-state index in [9.17, 15) is 23.1 Å². The van der Waals surface area contributed by atoms with Gasteiger partial charge in [0.05, 0.1) is 17.6 Å². The van der Waals surface area contributed by atoms with Crippen LogP contribution in [0, 0.1) is 0 Å². The molecule has 0 radical (unpaired) electrons. The van der Waals surface area contributed by atoms with Crippen LogP contribution < -0.4 is 10.5 Å². The lowest BCUT2D eigenvalue weighted by Crippen LogP contribution is -2.46. The van der Waals surface area contributed by atoms with Gasteiger partial charge in [-0.1, -0.05) is 17.7 Å². The molecule has 3 rings (SSSR count). The number of alkyl halides is 3. The van der Waals surface area contributed by atoms with Crippen molar-refractivity contribution in [2.45, 2.75) is 18.8 Å². The Balaban J connectivity index is 1.68. The lowest BCUT2D eigenvalue weighted by molar-refractivity contribution is -0.208. The first kappa shape index (κ1) is 19.6. The van der Waals surface area contributed by atoms with Gasteiger partial charge in [-0.25, -0.2) is 5.10 Å². The molecule has 1 atom stereocenters. The van der Waals surface area contributed by atoms with Crippen LogP contribution in [0.5, 0.6) is 0 Å². The molecule has 1 aliphatic rings. The summed E-state index contributed by atoms with van der Waals surface area (Å²) in [7, 11) is 0. The fraction of sp³-hybridized carbons (Fsp3) is 0.438. The van der Waals surface area contributed by atoms with Gasteiger partial charge in [-0.3, -0.25) is 14.7 Å². The highest BCUT2D eigenvalue weighted by Crippen LogP contribution is 2.33. The van der Waals surface area contributed by atoms with Crippen LogP contribution in [0.3, 0.4) is 0 Å². The predicted octanol–water partition coefficient (Wildman–Crippen LogP) is 1.74. The number of aromatic amines is 1. The van der Waals surface area contributed by atoms with Crippen LogP contribution in [0.25, 0.3) is 0 Å². The number of nitrogens with one attached hydrogen (secondary N) is 1. The molecule has 146 valence electrons. The van der Waals surface area contributed by atoms with E-state index in [1.165, 1.54) is 18.5 Å². The summed E-state index contributed by atoms with van der Waals surface area (Å²) in [6.07, 6.45) is -4.69. The third kappa shape index (κ3) is 4.40. The van der Waals surface area contributed by atoms with Crippen molar-refractivity contribution in [1.29, 1.82) is 0 Å². The second-order valence-corrected chi connectivity index (χ2v) is 6.53. The smallest absolute Gasteiger partial charge is 0.378 e. The molecule has 1 aliphatic heterocycles. The Kier molecular flexibility index (Phi) is 5.68. The number of aromatic nitrogens is 3. The Hall–Kier alpha value is -2.17. The van der Waals surface area contributed by atoms with Crippen LogP contribution in [0.15, 0.2) is 29.3 Å². The van der Waals surface area contributed by atoms with E-state index in [2.05, 4.69) is 15.2 Å². The van der Waals surface area contributed by atoms with Gasteiger partial charge in [0.25, 0.3) is 5.56 Å². The highest BCUT2D eigenvalue weighted by Gasteiger charge is 2.41. The number of pyridine rings is 1. The molecule has 0 amide bonds. The minimum atomic E-state index is -4.77. The average molecular weight is 404 g/mol. The van der Waals surface area contributed by atoms with E-state index in [1.807, 2.05) is 9.80 Å². The number of aliphatic hydroxyl groups is 1. The Labute approximate surface area is 157 Å². The van der Waals surface area contributed by atoms with Crippen molar-refractivity contribution in [2.24, 2.45) is 0 Å². The topological polar surface area (TPSA) is 85.4 Å². The number of piperazine rings is 1.